The number of hydrazine groups is 1. The van der Waals surface area contributed by atoms with Crippen molar-refractivity contribution in [2.24, 2.45) is 5.84 Å². The third kappa shape index (κ3) is 3.24. The minimum atomic E-state index is -0.650. The lowest BCUT2D eigenvalue weighted by Gasteiger charge is -2.02. The summed E-state index contributed by atoms with van der Waals surface area (Å²) < 4.78 is 12.5. The van der Waals surface area contributed by atoms with Gasteiger partial charge in [0.1, 0.15) is 17.7 Å². The Kier molecular flexibility index (Phi) is 3.58. The Hall–Kier alpha value is -2.15. The van der Waals surface area contributed by atoms with Gasteiger partial charge in [0.15, 0.2) is 0 Å². The maximum atomic E-state index is 12.5. The van der Waals surface area contributed by atoms with Crippen LogP contribution in [0.1, 0.15) is 0 Å². The molecular formula is C8H9FN4O2. The highest BCUT2D eigenvalue weighted by atomic mass is 19.1. The van der Waals surface area contributed by atoms with Crippen molar-refractivity contribution in [1.29, 1.82) is 0 Å². The average Bonchev–Trinajstić information content (AvgIpc) is 2.20. The molecule has 0 unspecified atom stereocenters. The Morgan fingerprint density at radius 2 is 2.07 bits per heavy atom. The second-order valence-electron chi connectivity index (χ2n) is 2.59. The van der Waals surface area contributed by atoms with Crippen LogP contribution in [0.5, 0.6) is 0 Å². The zero-order valence-electron chi connectivity index (χ0n) is 7.61. The molecule has 0 spiro atoms. The van der Waals surface area contributed by atoms with E-state index < -0.39 is 10.7 Å². The van der Waals surface area contributed by atoms with Crippen molar-refractivity contribution in [2.45, 2.75) is 0 Å². The molecule has 0 aliphatic carbocycles. The molecule has 0 heterocycles. The number of nitrogens with two attached hydrogens (primary N) is 1. The van der Waals surface area contributed by atoms with Crippen molar-refractivity contribution in [3.8, 4) is 0 Å². The third-order valence-corrected chi connectivity index (χ3v) is 1.53. The summed E-state index contributed by atoms with van der Waals surface area (Å²) in [5.41, 5.74) is 2.44. The van der Waals surface area contributed by atoms with Gasteiger partial charge in [-0.15, -0.1) is 0 Å². The molecular weight excluding hydrogens is 203 g/mol. The molecule has 1 aromatic rings. The molecule has 80 valence electrons. The highest BCUT2D eigenvalue weighted by Crippen LogP contribution is 2.10. The first-order valence-electron chi connectivity index (χ1n) is 3.97. The van der Waals surface area contributed by atoms with Crippen LogP contribution in [-0.2, 0) is 0 Å². The number of rotatable bonds is 4. The lowest BCUT2D eigenvalue weighted by molar-refractivity contribution is -0.422. The Balaban J connectivity index is 2.79. The van der Waals surface area contributed by atoms with Crippen molar-refractivity contribution in [1.82, 2.24) is 5.43 Å². The zero-order chi connectivity index (χ0) is 11.3. The normalized spacial score (nSPS) is 10.9. The average molecular weight is 212 g/mol. The lowest BCUT2D eigenvalue weighted by atomic mass is 10.3. The number of nitrogens with zero attached hydrogens (tertiary/aromatic N) is 1. The molecule has 1 rings (SSSR count). The summed E-state index contributed by atoms with van der Waals surface area (Å²) in [6.07, 6.45) is 0.989. The molecule has 0 saturated carbocycles. The standard InChI is InChI=1S/C8H9FN4O2/c9-6-1-3-7(4-2-6)12-8(5-11-10)13(14)15/h1-5,11-12H,10H2. The fourth-order valence-corrected chi connectivity index (χ4v) is 0.894. The van der Waals surface area contributed by atoms with Crippen LogP contribution >= 0.6 is 0 Å². The summed E-state index contributed by atoms with van der Waals surface area (Å²) in [5, 5.41) is 12.9. The van der Waals surface area contributed by atoms with E-state index in [0.717, 1.165) is 6.20 Å². The predicted molar refractivity (Wildman–Crippen MR) is 52.4 cm³/mol. The number of hydrogen-bond acceptors (Lipinski definition) is 5. The van der Waals surface area contributed by atoms with E-state index in [4.69, 9.17) is 5.84 Å². The summed E-state index contributed by atoms with van der Waals surface area (Å²) in [6, 6.07) is 5.14. The van der Waals surface area contributed by atoms with Gasteiger partial charge in [0.05, 0.1) is 0 Å². The van der Waals surface area contributed by atoms with Crippen LogP contribution in [0.2, 0.25) is 0 Å². The molecule has 0 bridgehead atoms. The maximum absolute atomic E-state index is 12.5. The highest BCUT2D eigenvalue weighted by molar-refractivity contribution is 5.46. The fraction of sp³-hybridized carbons (Fsp3) is 0. The van der Waals surface area contributed by atoms with E-state index in [1.54, 1.807) is 0 Å². The number of nitro groups is 1. The number of nitrogens with one attached hydrogen (secondary N) is 2. The first-order valence-corrected chi connectivity index (χ1v) is 3.97. The molecule has 0 aliphatic heterocycles. The Morgan fingerprint density at radius 1 is 1.47 bits per heavy atom. The van der Waals surface area contributed by atoms with E-state index in [9.17, 15) is 14.5 Å². The fourth-order valence-electron chi connectivity index (χ4n) is 0.894. The van der Waals surface area contributed by atoms with E-state index in [2.05, 4.69) is 5.32 Å². The molecule has 7 heteroatoms. The molecule has 0 aliphatic rings. The minimum absolute atomic E-state index is 0.330. The predicted octanol–water partition coefficient (Wildman–Crippen LogP) is 0.776. The van der Waals surface area contributed by atoms with Crippen LogP contribution in [0.3, 0.4) is 0 Å². The highest BCUT2D eigenvalue weighted by Gasteiger charge is 2.08. The third-order valence-electron chi connectivity index (χ3n) is 1.53. The van der Waals surface area contributed by atoms with Gasteiger partial charge in [0.25, 0.3) is 0 Å². The monoisotopic (exact) mass is 212 g/mol. The molecule has 1 aromatic carbocycles. The van der Waals surface area contributed by atoms with Crippen molar-refractivity contribution in [2.75, 3.05) is 5.32 Å². The molecule has 0 radical (unpaired) electrons. The Morgan fingerprint density at radius 3 is 2.53 bits per heavy atom. The van der Waals surface area contributed by atoms with Crippen LogP contribution in [0.15, 0.2) is 36.3 Å². The smallest absolute Gasteiger partial charge is 0.338 e. The molecule has 6 nitrogen and oxygen atoms in total. The number of anilines is 1. The van der Waals surface area contributed by atoms with Crippen molar-refractivity contribution >= 4 is 5.69 Å². The SMILES string of the molecule is NNC=C(Nc1ccc(F)cc1)[N+](=O)[O-]. The summed E-state index contributed by atoms with van der Waals surface area (Å²) in [7, 11) is 0. The zero-order valence-corrected chi connectivity index (χ0v) is 7.61. The minimum Gasteiger partial charge on any atom is -0.358 e. The number of halogens is 1. The van der Waals surface area contributed by atoms with Crippen molar-refractivity contribution in [3.63, 3.8) is 0 Å². The van der Waals surface area contributed by atoms with Gasteiger partial charge in [0.2, 0.25) is 0 Å². The lowest BCUT2D eigenvalue weighted by Crippen LogP contribution is -2.19. The summed E-state index contributed by atoms with van der Waals surface area (Å²) >= 11 is 0. The van der Waals surface area contributed by atoms with Gasteiger partial charge >= 0.3 is 5.82 Å². The van der Waals surface area contributed by atoms with E-state index in [0.29, 0.717) is 5.69 Å². The van der Waals surface area contributed by atoms with Gasteiger partial charge in [-0.1, -0.05) is 0 Å². The Labute approximate surface area is 84.7 Å². The molecule has 0 aromatic heterocycles. The van der Waals surface area contributed by atoms with Gasteiger partial charge in [-0.05, 0) is 29.2 Å². The summed E-state index contributed by atoms with van der Waals surface area (Å²) in [6.45, 7) is 0. The van der Waals surface area contributed by atoms with Crippen LogP contribution in [0, 0.1) is 15.9 Å². The van der Waals surface area contributed by atoms with Crippen molar-refractivity contribution < 1.29 is 9.31 Å². The van der Waals surface area contributed by atoms with E-state index in [-0.39, 0.29) is 5.82 Å². The molecule has 15 heavy (non-hydrogen) atoms. The number of hydrogen-bond donors (Lipinski definition) is 3. The first kappa shape index (κ1) is 10.9. The molecule has 0 atom stereocenters. The van der Waals surface area contributed by atoms with Gasteiger partial charge in [-0.2, -0.15) is 0 Å². The van der Waals surface area contributed by atoms with Crippen LogP contribution in [0.25, 0.3) is 0 Å². The molecule has 0 saturated heterocycles. The number of benzene rings is 1. The topological polar surface area (TPSA) is 93.2 Å². The van der Waals surface area contributed by atoms with E-state index >= 15 is 0 Å². The van der Waals surface area contributed by atoms with Crippen LogP contribution < -0.4 is 16.6 Å². The Bertz CT molecular complexity index is 377. The maximum Gasteiger partial charge on any atom is 0.338 e. The van der Waals surface area contributed by atoms with Crippen molar-refractivity contribution in [3.05, 3.63) is 52.2 Å². The second-order valence-corrected chi connectivity index (χ2v) is 2.59. The van der Waals surface area contributed by atoms with Gasteiger partial charge in [0, 0.05) is 0 Å². The van der Waals surface area contributed by atoms with Crippen LogP contribution in [0.4, 0.5) is 10.1 Å². The van der Waals surface area contributed by atoms with Gasteiger partial charge < -0.3 is 15.5 Å². The van der Waals surface area contributed by atoms with Gasteiger partial charge in [-0.25, -0.2) is 9.71 Å². The summed E-state index contributed by atoms with van der Waals surface area (Å²) in [5.74, 6) is 4.17. The van der Waals surface area contributed by atoms with Crippen LogP contribution in [-0.4, -0.2) is 4.92 Å². The molecule has 0 fully saturated rings. The second kappa shape index (κ2) is 4.91. The quantitative estimate of drug-likeness (QED) is 0.389. The van der Waals surface area contributed by atoms with Gasteiger partial charge in [-0.3, -0.25) is 5.84 Å². The van der Waals surface area contributed by atoms with E-state index in [1.807, 2.05) is 5.43 Å². The first-order chi connectivity index (χ1) is 7.13. The van der Waals surface area contributed by atoms with E-state index in [1.165, 1.54) is 24.3 Å². The molecule has 4 N–H and O–H groups in total. The largest absolute Gasteiger partial charge is 0.358 e. The summed E-state index contributed by atoms with van der Waals surface area (Å²) in [4.78, 5) is 9.82. The molecule has 0 amide bonds.